The van der Waals surface area contributed by atoms with E-state index in [-0.39, 0.29) is 11.9 Å². The third-order valence-corrected chi connectivity index (χ3v) is 4.01. The van der Waals surface area contributed by atoms with Gasteiger partial charge in [0.15, 0.2) is 0 Å². The standard InChI is InChI=1S/C18H28ClNO/c1-2-3-4-5-6-7-11-14-18(21)20-17(15-19)16-12-9-8-10-13-16/h8-10,12-13,17H,2-7,11,14-15H2,1H3,(H,20,21). The zero-order chi connectivity index (χ0) is 15.3. The van der Waals surface area contributed by atoms with E-state index in [0.717, 1.165) is 18.4 Å². The molecule has 21 heavy (non-hydrogen) atoms. The second-order valence-corrected chi connectivity index (χ2v) is 5.87. The highest BCUT2D eigenvalue weighted by Gasteiger charge is 2.12. The second kappa shape index (κ2) is 11.6. The molecular weight excluding hydrogens is 282 g/mol. The largest absolute Gasteiger partial charge is 0.348 e. The van der Waals surface area contributed by atoms with Gasteiger partial charge in [-0.15, -0.1) is 11.6 Å². The van der Waals surface area contributed by atoms with Crippen molar-refractivity contribution in [1.29, 1.82) is 0 Å². The van der Waals surface area contributed by atoms with Gasteiger partial charge >= 0.3 is 0 Å². The molecule has 1 aromatic rings. The number of unbranched alkanes of at least 4 members (excludes halogenated alkanes) is 6. The summed E-state index contributed by atoms with van der Waals surface area (Å²) in [7, 11) is 0. The molecule has 0 heterocycles. The summed E-state index contributed by atoms with van der Waals surface area (Å²) in [5, 5.41) is 3.02. The molecule has 0 spiro atoms. The number of halogens is 1. The van der Waals surface area contributed by atoms with Gasteiger partial charge in [0.2, 0.25) is 5.91 Å². The normalized spacial score (nSPS) is 12.1. The number of benzene rings is 1. The highest BCUT2D eigenvalue weighted by atomic mass is 35.5. The van der Waals surface area contributed by atoms with Gasteiger partial charge in [-0.3, -0.25) is 4.79 Å². The number of hydrogen-bond donors (Lipinski definition) is 1. The van der Waals surface area contributed by atoms with E-state index in [0.29, 0.717) is 12.3 Å². The van der Waals surface area contributed by atoms with Gasteiger partial charge in [0.25, 0.3) is 0 Å². The lowest BCUT2D eigenvalue weighted by Crippen LogP contribution is -2.29. The molecule has 0 saturated heterocycles. The molecule has 0 bridgehead atoms. The Morgan fingerprint density at radius 1 is 1.05 bits per heavy atom. The summed E-state index contributed by atoms with van der Waals surface area (Å²) in [5.74, 6) is 0.519. The van der Waals surface area contributed by atoms with E-state index in [4.69, 9.17) is 11.6 Å². The van der Waals surface area contributed by atoms with E-state index < -0.39 is 0 Å². The van der Waals surface area contributed by atoms with Gasteiger partial charge in [-0.2, -0.15) is 0 Å². The van der Waals surface area contributed by atoms with Crippen molar-refractivity contribution in [2.45, 2.75) is 64.3 Å². The first kappa shape index (κ1) is 18.0. The van der Waals surface area contributed by atoms with Gasteiger partial charge in [0.1, 0.15) is 0 Å². The van der Waals surface area contributed by atoms with Gasteiger partial charge in [-0.05, 0) is 12.0 Å². The molecule has 0 aliphatic heterocycles. The molecular formula is C18H28ClNO. The van der Waals surface area contributed by atoms with Crippen molar-refractivity contribution in [1.82, 2.24) is 5.32 Å². The second-order valence-electron chi connectivity index (χ2n) is 5.56. The van der Waals surface area contributed by atoms with E-state index in [9.17, 15) is 4.79 Å². The molecule has 1 atom stereocenters. The van der Waals surface area contributed by atoms with Gasteiger partial charge in [0, 0.05) is 12.3 Å². The first-order chi connectivity index (χ1) is 10.3. The summed E-state index contributed by atoms with van der Waals surface area (Å²) in [5.41, 5.74) is 1.07. The molecule has 0 aliphatic carbocycles. The number of rotatable bonds is 11. The zero-order valence-electron chi connectivity index (χ0n) is 13.1. The third kappa shape index (κ3) is 8.11. The predicted molar refractivity (Wildman–Crippen MR) is 90.7 cm³/mol. The summed E-state index contributed by atoms with van der Waals surface area (Å²) in [6, 6.07) is 9.83. The summed E-state index contributed by atoms with van der Waals surface area (Å²) in [4.78, 5) is 12.0. The number of carbonyl (C=O) groups is 1. The summed E-state index contributed by atoms with van der Waals surface area (Å²) >= 11 is 5.96. The molecule has 0 saturated carbocycles. The number of hydrogen-bond acceptors (Lipinski definition) is 1. The molecule has 1 rings (SSSR count). The van der Waals surface area contributed by atoms with Crippen molar-refractivity contribution in [3.8, 4) is 0 Å². The first-order valence-corrected chi connectivity index (χ1v) is 8.71. The van der Waals surface area contributed by atoms with Crippen LogP contribution in [0.5, 0.6) is 0 Å². The van der Waals surface area contributed by atoms with E-state index in [1.54, 1.807) is 0 Å². The molecule has 1 amide bonds. The Balaban J connectivity index is 2.17. The third-order valence-electron chi connectivity index (χ3n) is 3.70. The average Bonchev–Trinajstić information content (AvgIpc) is 2.52. The quantitative estimate of drug-likeness (QED) is 0.440. The van der Waals surface area contributed by atoms with Gasteiger partial charge < -0.3 is 5.32 Å². The minimum atomic E-state index is -0.0788. The van der Waals surface area contributed by atoms with Crippen LogP contribution in [0.2, 0.25) is 0 Å². The van der Waals surface area contributed by atoms with Crippen LogP contribution < -0.4 is 5.32 Å². The lowest BCUT2D eigenvalue weighted by Gasteiger charge is -2.16. The maximum atomic E-state index is 12.0. The Bertz CT molecular complexity index is 380. The fourth-order valence-corrected chi connectivity index (χ4v) is 2.66. The Morgan fingerprint density at radius 2 is 1.67 bits per heavy atom. The van der Waals surface area contributed by atoms with Crippen LogP contribution in [-0.4, -0.2) is 11.8 Å². The predicted octanol–water partition coefficient (Wildman–Crippen LogP) is 5.22. The van der Waals surface area contributed by atoms with Crippen LogP contribution >= 0.6 is 11.6 Å². The van der Waals surface area contributed by atoms with Crippen LogP contribution in [-0.2, 0) is 4.79 Å². The molecule has 3 heteroatoms. The maximum Gasteiger partial charge on any atom is 0.220 e. The first-order valence-electron chi connectivity index (χ1n) is 8.18. The molecule has 1 N–H and O–H groups in total. The Morgan fingerprint density at radius 3 is 2.29 bits per heavy atom. The number of nitrogens with one attached hydrogen (secondary N) is 1. The topological polar surface area (TPSA) is 29.1 Å². The smallest absolute Gasteiger partial charge is 0.220 e. The highest BCUT2D eigenvalue weighted by molar-refractivity contribution is 6.18. The Labute approximate surface area is 134 Å². The van der Waals surface area contributed by atoms with E-state index >= 15 is 0 Å². The van der Waals surface area contributed by atoms with Crippen molar-refractivity contribution < 1.29 is 4.79 Å². The summed E-state index contributed by atoms with van der Waals surface area (Å²) in [6.07, 6.45) is 9.19. The fourth-order valence-electron chi connectivity index (χ4n) is 2.41. The van der Waals surface area contributed by atoms with Gasteiger partial charge in [-0.25, -0.2) is 0 Å². The summed E-state index contributed by atoms with van der Waals surface area (Å²) in [6.45, 7) is 2.23. The van der Waals surface area contributed by atoms with Crippen molar-refractivity contribution in [2.75, 3.05) is 5.88 Å². The van der Waals surface area contributed by atoms with E-state index in [1.165, 1.54) is 32.1 Å². The Kier molecular flexibility index (Phi) is 9.98. The lowest BCUT2D eigenvalue weighted by atomic mass is 10.1. The summed E-state index contributed by atoms with van der Waals surface area (Å²) < 4.78 is 0. The molecule has 1 aromatic carbocycles. The van der Waals surface area contributed by atoms with Crippen LogP contribution in [0.3, 0.4) is 0 Å². The van der Waals surface area contributed by atoms with Crippen LogP contribution in [0.1, 0.15) is 69.9 Å². The minimum absolute atomic E-state index is 0.0788. The molecule has 0 aromatic heterocycles. The Hall–Kier alpha value is -1.02. The SMILES string of the molecule is CCCCCCCCCC(=O)NC(CCl)c1ccccc1. The fraction of sp³-hybridized carbons (Fsp3) is 0.611. The average molecular weight is 310 g/mol. The van der Waals surface area contributed by atoms with Crippen molar-refractivity contribution in [3.63, 3.8) is 0 Å². The van der Waals surface area contributed by atoms with Gasteiger partial charge in [-0.1, -0.05) is 75.8 Å². The molecule has 1 unspecified atom stereocenters. The van der Waals surface area contributed by atoms with Crippen LogP contribution in [0, 0.1) is 0 Å². The zero-order valence-corrected chi connectivity index (χ0v) is 13.9. The molecule has 2 nitrogen and oxygen atoms in total. The molecule has 118 valence electrons. The van der Waals surface area contributed by atoms with Crippen LogP contribution in [0.4, 0.5) is 0 Å². The minimum Gasteiger partial charge on any atom is -0.348 e. The monoisotopic (exact) mass is 309 g/mol. The molecule has 0 aliphatic rings. The number of carbonyl (C=O) groups excluding carboxylic acids is 1. The van der Waals surface area contributed by atoms with Crippen molar-refractivity contribution >= 4 is 17.5 Å². The number of alkyl halides is 1. The van der Waals surface area contributed by atoms with Crippen LogP contribution in [0.15, 0.2) is 30.3 Å². The lowest BCUT2D eigenvalue weighted by molar-refractivity contribution is -0.121. The highest BCUT2D eigenvalue weighted by Crippen LogP contribution is 2.15. The van der Waals surface area contributed by atoms with Crippen LogP contribution in [0.25, 0.3) is 0 Å². The molecule has 0 fully saturated rings. The van der Waals surface area contributed by atoms with Crippen molar-refractivity contribution in [3.05, 3.63) is 35.9 Å². The molecule has 0 radical (unpaired) electrons. The van der Waals surface area contributed by atoms with E-state index in [1.807, 2.05) is 30.3 Å². The van der Waals surface area contributed by atoms with E-state index in [2.05, 4.69) is 12.2 Å². The van der Waals surface area contributed by atoms with Gasteiger partial charge in [0.05, 0.1) is 6.04 Å². The number of amides is 1. The van der Waals surface area contributed by atoms with Crippen molar-refractivity contribution in [2.24, 2.45) is 0 Å². The maximum absolute atomic E-state index is 12.0.